The van der Waals surface area contributed by atoms with Gasteiger partial charge < -0.3 is 10.5 Å². The SMILES string of the molecule is C=C(C)/C=C(\NN)C(C)C(=O)O. The van der Waals surface area contributed by atoms with Gasteiger partial charge >= 0.3 is 5.97 Å². The minimum absolute atomic E-state index is 0.454. The Morgan fingerprint density at radius 1 is 1.75 bits per heavy atom. The number of hydrazine groups is 1. The average molecular weight is 170 g/mol. The van der Waals surface area contributed by atoms with Crippen LogP contribution in [0.1, 0.15) is 13.8 Å². The molecule has 1 unspecified atom stereocenters. The number of allylic oxidation sites excluding steroid dienone is 2. The fourth-order valence-corrected chi connectivity index (χ4v) is 0.690. The van der Waals surface area contributed by atoms with E-state index in [9.17, 15) is 4.79 Å². The maximum atomic E-state index is 10.5. The Morgan fingerprint density at radius 3 is 2.50 bits per heavy atom. The summed E-state index contributed by atoms with van der Waals surface area (Å²) < 4.78 is 0. The molecule has 0 aromatic rings. The summed E-state index contributed by atoms with van der Waals surface area (Å²) in [7, 11) is 0. The summed E-state index contributed by atoms with van der Waals surface area (Å²) in [5, 5.41) is 8.63. The van der Waals surface area contributed by atoms with Crippen molar-refractivity contribution >= 4 is 5.97 Å². The molecule has 0 aromatic carbocycles. The molecule has 0 aromatic heterocycles. The zero-order valence-electron chi connectivity index (χ0n) is 7.29. The molecule has 4 N–H and O–H groups in total. The lowest BCUT2D eigenvalue weighted by atomic mass is 10.1. The van der Waals surface area contributed by atoms with Gasteiger partial charge in [0.15, 0.2) is 0 Å². The Labute approximate surface area is 71.7 Å². The van der Waals surface area contributed by atoms with E-state index in [-0.39, 0.29) is 0 Å². The van der Waals surface area contributed by atoms with Crippen molar-refractivity contribution in [2.75, 3.05) is 0 Å². The van der Waals surface area contributed by atoms with Crippen molar-refractivity contribution in [1.29, 1.82) is 0 Å². The van der Waals surface area contributed by atoms with Gasteiger partial charge in [0.2, 0.25) is 0 Å². The van der Waals surface area contributed by atoms with E-state index in [0.717, 1.165) is 5.57 Å². The number of hydrogen-bond acceptors (Lipinski definition) is 3. The van der Waals surface area contributed by atoms with Crippen LogP contribution in [0, 0.1) is 5.92 Å². The number of carbonyl (C=O) groups is 1. The second kappa shape index (κ2) is 4.56. The van der Waals surface area contributed by atoms with Crippen LogP contribution >= 0.6 is 0 Å². The van der Waals surface area contributed by atoms with E-state index in [1.807, 2.05) is 0 Å². The first-order valence-electron chi connectivity index (χ1n) is 3.55. The van der Waals surface area contributed by atoms with Gasteiger partial charge in [0.1, 0.15) is 0 Å². The summed E-state index contributed by atoms with van der Waals surface area (Å²) in [4.78, 5) is 10.5. The number of carboxylic acids is 1. The zero-order valence-corrected chi connectivity index (χ0v) is 7.29. The Bertz CT molecular complexity index is 221. The van der Waals surface area contributed by atoms with Gasteiger partial charge in [0.05, 0.1) is 5.92 Å². The van der Waals surface area contributed by atoms with Crippen LogP contribution in [-0.2, 0) is 4.79 Å². The van der Waals surface area contributed by atoms with Gasteiger partial charge in [-0.2, -0.15) is 0 Å². The average Bonchev–Trinajstić information content (AvgIpc) is 1.98. The van der Waals surface area contributed by atoms with Gasteiger partial charge in [-0.05, 0) is 19.9 Å². The minimum Gasteiger partial charge on any atom is -0.481 e. The van der Waals surface area contributed by atoms with Crippen molar-refractivity contribution in [3.05, 3.63) is 23.9 Å². The summed E-state index contributed by atoms with van der Waals surface area (Å²) in [6, 6.07) is 0. The predicted octanol–water partition coefficient (Wildman–Crippen LogP) is 0.630. The summed E-state index contributed by atoms with van der Waals surface area (Å²) in [6.07, 6.45) is 1.61. The van der Waals surface area contributed by atoms with Crippen molar-refractivity contribution in [3.8, 4) is 0 Å². The summed E-state index contributed by atoms with van der Waals surface area (Å²) >= 11 is 0. The van der Waals surface area contributed by atoms with Crippen molar-refractivity contribution in [3.63, 3.8) is 0 Å². The third-order valence-corrected chi connectivity index (χ3v) is 1.41. The smallest absolute Gasteiger partial charge is 0.312 e. The van der Waals surface area contributed by atoms with Gasteiger partial charge in [0.25, 0.3) is 0 Å². The highest BCUT2D eigenvalue weighted by molar-refractivity contribution is 5.73. The van der Waals surface area contributed by atoms with E-state index in [0.29, 0.717) is 5.70 Å². The topological polar surface area (TPSA) is 75.3 Å². The number of nitrogens with one attached hydrogen (secondary N) is 1. The van der Waals surface area contributed by atoms with Crippen LogP contribution in [0.5, 0.6) is 0 Å². The first-order valence-corrected chi connectivity index (χ1v) is 3.55. The molecule has 4 heteroatoms. The lowest BCUT2D eigenvalue weighted by Crippen LogP contribution is -2.29. The molecule has 68 valence electrons. The number of hydrogen-bond donors (Lipinski definition) is 3. The molecule has 0 aliphatic rings. The van der Waals surface area contributed by atoms with E-state index in [1.165, 1.54) is 0 Å². The third kappa shape index (κ3) is 3.21. The van der Waals surface area contributed by atoms with Crippen molar-refractivity contribution in [2.45, 2.75) is 13.8 Å². The standard InChI is InChI=1S/C8H14N2O2/c1-5(2)4-7(10-9)6(3)8(11)12/h4,6,10H,1,9H2,2-3H3,(H,11,12)/b7-4-. The van der Waals surface area contributed by atoms with E-state index < -0.39 is 11.9 Å². The molecule has 0 aliphatic heterocycles. The van der Waals surface area contributed by atoms with Crippen molar-refractivity contribution in [1.82, 2.24) is 5.43 Å². The monoisotopic (exact) mass is 170 g/mol. The normalized spacial score (nSPS) is 13.8. The van der Waals surface area contributed by atoms with Crippen molar-refractivity contribution in [2.24, 2.45) is 11.8 Å². The second-order valence-corrected chi connectivity index (χ2v) is 2.65. The molecular formula is C8H14N2O2. The van der Waals surface area contributed by atoms with E-state index >= 15 is 0 Å². The molecule has 12 heavy (non-hydrogen) atoms. The molecule has 0 saturated heterocycles. The van der Waals surface area contributed by atoms with Crippen LogP contribution in [0.15, 0.2) is 23.9 Å². The largest absolute Gasteiger partial charge is 0.481 e. The van der Waals surface area contributed by atoms with E-state index in [2.05, 4.69) is 12.0 Å². The molecule has 0 rings (SSSR count). The maximum absolute atomic E-state index is 10.5. The summed E-state index contributed by atoms with van der Waals surface area (Å²) in [5.74, 6) is 3.59. The molecular weight excluding hydrogens is 156 g/mol. The molecule has 0 spiro atoms. The lowest BCUT2D eigenvalue weighted by Gasteiger charge is -2.10. The first kappa shape index (κ1) is 10.7. The van der Waals surface area contributed by atoms with Gasteiger partial charge in [-0.1, -0.05) is 12.2 Å². The van der Waals surface area contributed by atoms with Crippen LogP contribution in [0.25, 0.3) is 0 Å². The lowest BCUT2D eigenvalue weighted by molar-refractivity contribution is -0.139. The van der Waals surface area contributed by atoms with Crippen LogP contribution in [0.3, 0.4) is 0 Å². The Hall–Kier alpha value is -1.29. The molecule has 1 atom stereocenters. The molecule has 0 saturated carbocycles. The van der Waals surface area contributed by atoms with Crippen molar-refractivity contribution < 1.29 is 9.90 Å². The minimum atomic E-state index is -0.916. The van der Waals surface area contributed by atoms with Gasteiger partial charge in [0, 0.05) is 5.70 Å². The Kier molecular flexibility index (Phi) is 4.07. The summed E-state index contributed by atoms with van der Waals surface area (Å²) in [5.41, 5.74) is 3.55. The quantitative estimate of drug-likeness (QED) is 0.328. The number of rotatable bonds is 4. The van der Waals surface area contributed by atoms with Gasteiger partial charge in [-0.3, -0.25) is 10.6 Å². The van der Waals surface area contributed by atoms with Crippen LogP contribution in [0.2, 0.25) is 0 Å². The van der Waals surface area contributed by atoms with Crippen LogP contribution in [0.4, 0.5) is 0 Å². The molecule has 4 nitrogen and oxygen atoms in total. The fraction of sp³-hybridized carbons (Fsp3) is 0.375. The third-order valence-electron chi connectivity index (χ3n) is 1.41. The second-order valence-electron chi connectivity index (χ2n) is 2.65. The predicted molar refractivity (Wildman–Crippen MR) is 47.0 cm³/mol. The molecule has 0 fully saturated rings. The summed E-state index contributed by atoms with van der Waals surface area (Å²) in [6.45, 7) is 6.94. The fourth-order valence-electron chi connectivity index (χ4n) is 0.690. The van der Waals surface area contributed by atoms with E-state index in [1.54, 1.807) is 19.9 Å². The van der Waals surface area contributed by atoms with E-state index in [4.69, 9.17) is 10.9 Å². The Balaban J connectivity index is 4.55. The molecule has 0 amide bonds. The maximum Gasteiger partial charge on any atom is 0.312 e. The first-order chi connectivity index (χ1) is 5.49. The molecule has 0 bridgehead atoms. The number of carboxylic acid groups (broad SMARTS) is 1. The highest BCUT2D eigenvalue weighted by Crippen LogP contribution is 2.08. The van der Waals surface area contributed by atoms with Crippen LogP contribution < -0.4 is 11.3 Å². The van der Waals surface area contributed by atoms with Crippen LogP contribution in [-0.4, -0.2) is 11.1 Å². The number of nitrogens with two attached hydrogens (primary N) is 1. The highest BCUT2D eigenvalue weighted by atomic mass is 16.4. The molecule has 0 radical (unpaired) electrons. The zero-order chi connectivity index (χ0) is 9.72. The van der Waals surface area contributed by atoms with Gasteiger partial charge in [-0.25, -0.2) is 0 Å². The highest BCUT2D eigenvalue weighted by Gasteiger charge is 2.14. The molecule has 0 heterocycles. The Morgan fingerprint density at radius 2 is 2.25 bits per heavy atom. The van der Waals surface area contributed by atoms with Gasteiger partial charge in [-0.15, -0.1) is 0 Å². The molecule has 0 aliphatic carbocycles. The number of aliphatic carboxylic acids is 1.